The Morgan fingerprint density at radius 3 is 1.21 bits per heavy atom. The van der Waals surface area contributed by atoms with E-state index < -0.39 is 0 Å². The molecule has 0 amide bonds. The average molecular weight is 458 g/mol. The molecule has 0 aromatic heterocycles. The summed E-state index contributed by atoms with van der Waals surface area (Å²) in [6, 6.07) is 0. The summed E-state index contributed by atoms with van der Waals surface area (Å²) in [5.74, 6) is 0. The Labute approximate surface area is 209 Å². The largest absolute Gasteiger partial charge is 0.303 e. The van der Waals surface area contributed by atoms with Crippen molar-refractivity contribution >= 4 is 0 Å². The molecule has 33 heavy (non-hydrogen) atoms. The van der Waals surface area contributed by atoms with E-state index >= 15 is 0 Å². The van der Waals surface area contributed by atoms with Gasteiger partial charge in [-0.15, -0.1) is 11.5 Å². The summed E-state index contributed by atoms with van der Waals surface area (Å²) in [7, 11) is 0. The van der Waals surface area contributed by atoms with E-state index in [4.69, 9.17) is 0 Å². The number of rotatable bonds is 27. The minimum atomic E-state index is 1.12. The molecule has 0 rings (SSSR count). The first-order chi connectivity index (χ1) is 16.3. The monoisotopic (exact) mass is 457 g/mol. The van der Waals surface area contributed by atoms with Crippen molar-refractivity contribution in [2.45, 2.75) is 148 Å². The Bertz CT molecular complexity index is 467. The van der Waals surface area contributed by atoms with Crippen LogP contribution in [0, 0.1) is 0 Å². The van der Waals surface area contributed by atoms with Gasteiger partial charge in [-0.05, 0) is 70.3 Å². The van der Waals surface area contributed by atoms with Crippen molar-refractivity contribution in [3.8, 4) is 0 Å². The molecule has 0 radical (unpaired) electrons. The zero-order valence-corrected chi connectivity index (χ0v) is 22.7. The van der Waals surface area contributed by atoms with Gasteiger partial charge in [-0.3, -0.25) is 0 Å². The quantitative estimate of drug-likeness (QED) is 0.0875. The number of allylic oxidation sites excluding steroid dienone is 2. The Kier molecular flexibility index (Phi) is 28.2. The summed E-state index contributed by atoms with van der Waals surface area (Å²) in [6.45, 7) is 13.4. The molecule has 0 spiro atoms. The first-order valence-corrected chi connectivity index (χ1v) is 14.8. The molecule has 192 valence electrons. The molecule has 1 nitrogen and oxygen atoms in total. The molecule has 0 heterocycles. The third kappa shape index (κ3) is 27.1. The van der Waals surface area contributed by atoms with Gasteiger partial charge in [0.15, 0.2) is 0 Å². The van der Waals surface area contributed by atoms with Gasteiger partial charge in [-0.25, -0.2) is 0 Å². The van der Waals surface area contributed by atoms with Crippen LogP contribution in [0.25, 0.3) is 0 Å². The lowest BCUT2D eigenvalue weighted by molar-refractivity contribution is 0.258. The van der Waals surface area contributed by atoms with E-state index in [-0.39, 0.29) is 0 Å². The van der Waals surface area contributed by atoms with Gasteiger partial charge in [0, 0.05) is 0 Å². The summed E-state index contributed by atoms with van der Waals surface area (Å²) in [6.07, 6.45) is 34.6. The molecule has 0 saturated heterocycles. The number of nitrogens with zero attached hydrogens (tertiary/aromatic N) is 1. The maximum Gasteiger partial charge on any atom is -0.00156 e. The lowest BCUT2D eigenvalue weighted by Crippen LogP contribution is -2.27. The summed E-state index contributed by atoms with van der Waals surface area (Å²) < 4.78 is 0. The van der Waals surface area contributed by atoms with Crippen molar-refractivity contribution in [3.05, 3.63) is 36.8 Å². The molecule has 0 aromatic carbocycles. The fourth-order valence-corrected chi connectivity index (χ4v) is 4.60. The van der Waals surface area contributed by atoms with E-state index in [0.717, 1.165) is 12.8 Å². The minimum Gasteiger partial charge on any atom is -0.303 e. The fraction of sp³-hybridized carbons (Fsp3) is 0.812. The SMILES string of the molecule is C=C=CCCCCCCCN(CCCC=C=C)CCCCCCCCCCCCCCCC. The van der Waals surface area contributed by atoms with Crippen molar-refractivity contribution in [2.24, 2.45) is 0 Å². The zero-order valence-electron chi connectivity index (χ0n) is 22.7. The van der Waals surface area contributed by atoms with Gasteiger partial charge < -0.3 is 4.90 Å². The van der Waals surface area contributed by atoms with Gasteiger partial charge in [0.2, 0.25) is 0 Å². The molecule has 0 atom stereocenters. The van der Waals surface area contributed by atoms with E-state index in [1.807, 2.05) is 0 Å². The third-order valence-electron chi connectivity index (χ3n) is 6.76. The Morgan fingerprint density at radius 1 is 0.455 bits per heavy atom. The second-order valence-electron chi connectivity index (χ2n) is 9.95. The maximum absolute atomic E-state index is 3.69. The first kappa shape index (κ1) is 32.0. The Morgan fingerprint density at radius 2 is 0.788 bits per heavy atom. The van der Waals surface area contributed by atoms with Crippen LogP contribution in [-0.4, -0.2) is 24.5 Å². The molecule has 0 aliphatic carbocycles. The van der Waals surface area contributed by atoms with Crippen LogP contribution in [0.4, 0.5) is 0 Å². The summed E-state index contributed by atoms with van der Waals surface area (Å²) >= 11 is 0. The van der Waals surface area contributed by atoms with E-state index in [1.165, 1.54) is 148 Å². The minimum absolute atomic E-state index is 1.12. The zero-order chi connectivity index (χ0) is 24.1. The van der Waals surface area contributed by atoms with Crippen molar-refractivity contribution in [1.29, 1.82) is 0 Å². The molecule has 0 aromatic rings. The van der Waals surface area contributed by atoms with Gasteiger partial charge in [0.1, 0.15) is 0 Å². The standard InChI is InChI=1S/C32H59N/c1-4-7-10-13-15-17-18-19-20-21-22-24-26-29-32-33(30-27-12-9-6-3)31-28-25-23-16-14-11-8-5-2/h8-9H,2-4,7,10-32H2,1H3. The van der Waals surface area contributed by atoms with Crippen molar-refractivity contribution in [1.82, 2.24) is 4.90 Å². The molecule has 0 unspecified atom stereocenters. The summed E-state index contributed by atoms with van der Waals surface area (Å²) in [5, 5.41) is 0. The highest BCUT2D eigenvalue weighted by atomic mass is 15.1. The van der Waals surface area contributed by atoms with Crippen LogP contribution >= 0.6 is 0 Å². The number of hydrogen-bond acceptors (Lipinski definition) is 1. The maximum atomic E-state index is 3.69. The number of unbranched alkanes of at least 4 members (excludes halogenated alkanes) is 19. The van der Waals surface area contributed by atoms with Gasteiger partial charge in [0.25, 0.3) is 0 Å². The highest BCUT2D eigenvalue weighted by Gasteiger charge is 2.04. The van der Waals surface area contributed by atoms with E-state index in [9.17, 15) is 0 Å². The van der Waals surface area contributed by atoms with Crippen molar-refractivity contribution in [2.75, 3.05) is 19.6 Å². The molecule has 0 fully saturated rings. The second-order valence-corrected chi connectivity index (χ2v) is 9.95. The summed E-state index contributed by atoms with van der Waals surface area (Å²) in [5.41, 5.74) is 5.79. The van der Waals surface area contributed by atoms with Gasteiger partial charge >= 0.3 is 0 Å². The van der Waals surface area contributed by atoms with E-state index in [1.54, 1.807) is 0 Å². The summed E-state index contributed by atoms with van der Waals surface area (Å²) in [4.78, 5) is 2.72. The first-order valence-electron chi connectivity index (χ1n) is 14.8. The molecular weight excluding hydrogens is 398 g/mol. The second kappa shape index (κ2) is 29.0. The highest BCUT2D eigenvalue weighted by molar-refractivity contribution is 4.76. The normalized spacial score (nSPS) is 10.8. The molecule has 0 aliphatic rings. The fourth-order valence-electron chi connectivity index (χ4n) is 4.60. The molecule has 0 saturated carbocycles. The molecular formula is C32H59N. The van der Waals surface area contributed by atoms with Gasteiger partial charge in [-0.1, -0.05) is 123 Å². The molecule has 0 bridgehead atoms. The molecule has 0 N–H and O–H groups in total. The van der Waals surface area contributed by atoms with Crippen LogP contribution in [-0.2, 0) is 0 Å². The van der Waals surface area contributed by atoms with Crippen LogP contribution in [0.3, 0.4) is 0 Å². The van der Waals surface area contributed by atoms with Crippen LogP contribution in [0.5, 0.6) is 0 Å². The topological polar surface area (TPSA) is 3.24 Å². The van der Waals surface area contributed by atoms with Crippen LogP contribution in [0.15, 0.2) is 36.8 Å². The lowest BCUT2D eigenvalue weighted by Gasteiger charge is -2.22. The Hall–Kier alpha value is -1.00. The van der Waals surface area contributed by atoms with Gasteiger partial charge in [-0.2, -0.15) is 0 Å². The Balaban J connectivity index is 3.67. The predicted molar refractivity (Wildman–Crippen MR) is 151 cm³/mol. The molecule has 1 heteroatoms. The average Bonchev–Trinajstić information content (AvgIpc) is 2.83. The highest BCUT2D eigenvalue weighted by Crippen LogP contribution is 2.14. The number of hydrogen-bond donors (Lipinski definition) is 0. The van der Waals surface area contributed by atoms with Crippen LogP contribution in [0.1, 0.15) is 148 Å². The van der Waals surface area contributed by atoms with Gasteiger partial charge in [0.05, 0.1) is 0 Å². The third-order valence-corrected chi connectivity index (χ3v) is 6.76. The smallest absolute Gasteiger partial charge is 0.00156 e. The molecule has 0 aliphatic heterocycles. The van der Waals surface area contributed by atoms with Crippen LogP contribution in [0.2, 0.25) is 0 Å². The van der Waals surface area contributed by atoms with E-state index in [0.29, 0.717) is 0 Å². The lowest BCUT2D eigenvalue weighted by atomic mass is 10.0. The van der Waals surface area contributed by atoms with Crippen molar-refractivity contribution < 1.29 is 0 Å². The predicted octanol–water partition coefficient (Wildman–Crippen LogP) is 10.6. The van der Waals surface area contributed by atoms with Crippen molar-refractivity contribution in [3.63, 3.8) is 0 Å². The van der Waals surface area contributed by atoms with Crippen LogP contribution < -0.4 is 0 Å². The van der Waals surface area contributed by atoms with E-state index in [2.05, 4.69) is 48.6 Å².